The van der Waals surface area contributed by atoms with Crippen LogP contribution in [-0.2, 0) is 17.9 Å². The molecule has 0 saturated carbocycles. The second kappa shape index (κ2) is 12.0. The highest BCUT2D eigenvalue weighted by atomic mass is 35.5. The first-order valence-corrected chi connectivity index (χ1v) is 7.35. The average molecular weight is 408 g/mol. The van der Waals surface area contributed by atoms with Gasteiger partial charge in [0.1, 0.15) is 0 Å². The van der Waals surface area contributed by atoms with Crippen LogP contribution < -0.4 is 5.73 Å². The topological polar surface area (TPSA) is 72.1 Å². The van der Waals surface area contributed by atoms with Gasteiger partial charge >= 0.3 is 0 Å². The van der Waals surface area contributed by atoms with Crippen molar-refractivity contribution in [2.24, 2.45) is 5.73 Å². The van der Waals surface area contributed by atoms with E-state index in [1.165, 1.54) is 0 Å². The largest absolute Gasteiger partial charge is 0.330 e. The van der Waals surface area contributed by atoms with Gasteiger partial charge in [0, 0.05) is 11.4 Å². The number of carbonyl (C=O) groups is 1. The molecule has 8 heteroatoms. The number of pyridine rings is 2. The van der Waals surface area contributed by atoms with E-state index in [-0.39, 0.29) is 43.1 Å². The van der Waals surface area contributed by atoms with Crippen molar-refractivity contribution in [3.05, 3.63) is 59.2 Å². The molecule has 5 nitrogen and oxygen atoms in total. The van der Waals surface area contributed by atoms with Crippen molar-refractivity contribution in [2.75, 3.05) is 0 Å². The van der Waals surface area contributed by atoms with Crippen molar-refractivity contribution < 1.29 is 4.79 Å². The van der Waals surface area contributed by atoms with Gasteiger partial charge < -0.3 is 10.6 Å². The van der Waals surface area contributed by atoms with Gasteiger partial charge in [0.05, 0.1) is 30.5 Å². The molecule has 25 heavy (non-hydrogen) atoms. The third-order valence-corrected chi connectivity index (χ3v) is 3.30. The third kappa shape index (κ3) is 8.01. The quantitative estimate of drug-likeness (QED) is 0.826. The van der Waals surface area contributed by atoms with E-state index in [9.17, 15) is 4.79 Å². The SMILES string of the molecule is Cc1cccc(CN(Cc2cccc(C)n2)C(=O)C(C)N)n1.Cl.Cl.Cl. The Kier molecular flexibility index (Phi) is 12.4. The lowest BCUT2D eigenvalue weighted by atomic mass is 10.2. The summed E-state index contributed by atoms with van der Waals surface area (Å²) in [6, 6.07) is 11.0. The van der Waals surface area contributed by atoms with Gasteiger partial charge in [0.2, 0.25) is 5.91 Å². The molecule has 1 atom stereocenters. The molecule has 1 amide bonds. The van der Waals surface area contributed by atoms with Gasteiger partial charge in [-0.25, -0.2) is 0 Å². The summed E-state index contributed by atoms with van der Waals surface area (Å²) in [5, 5.41) is 0. The Morgan fingerprint density at radius 3 is 1.68 bits per heavy atom. The van der Waals surface area contributed by atoms with E-state index in [0.29, 0.717) is 13.1 Å². The maximum absolute atomic E-state index is 12.4. The highest BCUT2D eigenvalue weighted by Gasteiger charge is 2.19. The number of nitrogens with two attached hydrogens (primary N) is 1. The van der Waals surface area contributed by atoms with E-state index < -0.39 is 6.04 Å². The summed E-state index contributed by atoms with van der Waals surface area (Å²) in [5.41, 5.74) is 9.33. The standard InChI is InChI=1S/C17H22N4O.3ClH/c1-12-6-4-8-15(19-12)10-21(17(22)14(3)18)11-16-9-5-7-13(2)20-16;;;/h4-9,14H,10-11,18H2,1-3H3;3*1H. The summed E-state index contributed by atoms with van der Waals surface area (Å²) in [6.07, 6.45) is 0. The highest BCUT2D eigenvalue weighted by Crippen LogP contribution is 2.10. The highest BCUT2D eigenvalue weighted by molar-refractivity contribution is 5.86. The van der Waals surface area contributed by atoms with Crippen LogP contribution in [0, 0.1) is 13.8 Å². The van der Waals surface area contributed by atoms with Crippen molar-refractivity contribution in [3.63, 3.8) is 0 Å². The molecule has 0 radical (unpaired) electrons. The monoisotopic (exact) mass is 406 g/mol. The molecule has 2 N–H and O–H groups in total. The molecule has 2 aromatic heterocycles. The average Bonchev–Trinajstić information content (AvgIpc) is 2.46. The summed E-state index contributed by atoms with van der Waals surface area (Å²) in [5.74, 6) is -0.105. The molecule has 0 saturated heterocycles. The summed E-state index contributed by atoms with van der Waals surface area (Å²) in [7, 11) is 0. The first-order chi connectivity index (χ1) is 10.5. The van der Waals surface area contributed by atoms with Crippen molar-refractivity contribution >= 4 is 43.1 Å². The van der Waals surface area contributed by atoms with E-state index in [2.05, 4.69) is 9.97 Å². The molecule has 0 fully saturated rings. The van der Waals surface area contributed by atoms with Crippen LogP contribution in [0.15, 0.2) is 36.4 Å². The molecule has 0 aromatic carbocycles. The second-order valence-electron chi connectivity index (χ2n) is 5.52. The molecule has 2 rings (SSSR count). The Morgan fingerprint density at radius 1 is 0.960 bits per heavy atom. The molecule has 0 bridgehead atoms. The molecule has 1 unspecified atom stereocenters. The van der Waals surface area contributed by atoms with Crippen LogP contribution in [0.2, 0.25) is 0 Å². The van der Waals surface area contributed by atoms with Crippen LogP contribution in [0.25, 0.3) is 0 Å². The van der Waals surface area contributed by atoms with Gasteiger partial charge in [-0.1, -0.05) is 12.1 Å². The van der Waals surface area contributed by atoms with Crippen LogP contribution in [-0.4, -0.2) is 26.8 Å². The van der Waals surface area contributed by atoms with E-state index in [1.54, 1.807) is 11.8 Å². The molecule has 140 valence electrons. The van der Waals surface area contributed by atoms with Crippen molar-refractivity contribution in [3.8, 4) is 0 Å². The minimum absolute atomic E-state index is 0. The van der Waals surface area contributed by atoms with Crippen LogP contribution in [0.5, 0.6) is 0 Å². The fourth-order valence-corrected chi connectivity index (χ4v) is 2.27. The zero-order valence-corrected chi connectivity index (χ0v) is 17.0. The molecular formula is C17H25Cl3N4O. The minimum Gasteiger partial charge on any atom is -0.330 e. The maximum Gasteiger partial charge on any atom is 0.239 e. The van der Waals surface area contributed by atoms with Crippen LogP contribution >= 0.6 is 37.2 Å². The predicted octanol–water partition coefficient (Wildman–Crippen LogP) is 3.23. The number of carbonyl (C=O) groups excluding carboxylic acids is 1. The van der Waals surface area contributed by atoms with Crippen LogP contribution in [0.3, 0.4) is 0 Å². The molecule has 2 heterocycles. The predicted molar refractivity (Wildman–Crippen MR) is 108 cm³/mol. The van der Waals surface area contributed by atoms with Crippen molar-refractivity contribution in [1.29, 1.82) is 0 Å². The van der Waals surface area contributed by atoms with Gasteiger partial charge in [-0.15, -0.1) is 37.2 Å². The Morgan fingerprint density at radius 2 is 1.36 bits per heavy atom. The fourth-order valence-electron chi connectivity index (χ4n) is 2.27. The second-order valence-corrected chi connectivity index (χ2v) is 5.52. The number of amides is 1. The number of aromatic nitrogens is 2. The lowest BCUT2D eigenvalue weighted by molar-refractivity contribution is -0.133. The first-order valence-electron chi connectivity index (χ1n) is 7.35. The zero-order valence-electron chi connectivity index (χ0n) is 14.5. The summed E-state index contributed by atoms with van der Waals surface area (Å²) in [4.78, 5) is 23.0. The van der Waals surface area contributed by atoms with Crippen LogP contribution in [0.4, 0.5) is 0 Å². The van der Waals surface area contributed by atoms with Gasteiger partial charge in [-0.05, 0) is 45.0 Å². The molecule has 0 aliphatic heterocycles. The lowest BCUT2D eigenvalue weighted by Gasteiger charge is -2.24. The number of aryl methyl sites for hydroxylation is 2. The van der Waals surface area contributed by atoms with E-state index >= 15 is 0 Å². The van der Waals surface area contributed by atoms with Gasteiger partial charge in [-0.2, -0.15) is 0 Å². The van der Waals surface area contributed by atoms with Gasteiger partial charge in [0.15, 0.2) is 0 Å². The minimum atomic E-state index is -0.547. The molecule has 0 spiro atoms. The van der Waals surface area contributed by atoms with Gasteiger partial charge in [0.25, 0.3) is 0 Å². The third-order valence-electron chi connectivity index (χ3n) is 3.30. The normalized spacial score (nSPS) is 10.6. The van der Waals surface area contributed by atoms with E-state index in [4.69, 9.17) is 5.73 Å². The summed E-state index contributed by atoms with van der Waals surface area (Å²) < 4.78 is 0. The smallest absolute Gasteiger partial charge is 0.239 e. The molecular weight excluding hydrogens is 383 g/mol. The molecule has 0 aliphatic rings. The Hall–Kier alpha value is -1.40. The number of hydrogen-bond donors (Lipinski definition) is 1. The van der Waals surface area contributed by atoms with Crippen molar-refractivity contribution in [1.82, 2.24) is 14.9 Å². The first kappa shape index (κ1) is 25.8. The molecule has 2 aromatic rings. The van der Waals surface area contributed by atoms with Gasteiger partial charge in [-0.3, -0.25) is 14.8 Å². The Labute approximate surface area is 167 Å². The van der Waals surface area contributed by atoms with Crippen LogP contribution in [0.1, 0.15) is 29.7 Å². The maximum atomic E-state index is 12.4. The zero-order chi connectivity index (χ0) is 16.1. The Bertz CT molecular complexity index is 620. The number of hydrogen-bond acceptors (Lipinski definition) is 4. The summed E-state index contributed by atoms with van der Waals surface area (Å²) >= 11 is 0. The number of halogens is 3. The lowest BCUT2D eigenvalue weighted by Crippen LogP contribution is -2.41. The fraction of sp³-hybridized carbons (Fsp3) is 0.353. The van der Waals surface area contributed by atoms with E-state index in [1.807, 2.05) is 50.2 Å². The Balaban J connectivity index is 0. The van der Waals surface area contributed by atoms with E-state index in [0.717, 1.165) is 22.8 Å². The number of nitrogens with zero attached hydrogens (tertiary/aromatic N) is 3. The van der Waals surface area contributed by atoms with Crippen molar-refractivity contribution in [2.45, 2.75) is 39.9 Å². The summed E-state index contributed by atoms with van der Waals surface area (Å²) in [6.45, 7) is 6.42. The molecule has 0 aliphatic carbocycles. The number of rotatable bonds is 5.